The zero-order chi connectivity index (χ0) is 55.5. The summed E-state index contributed by atoms with van der Waals surface area (Å²) in [7, 11) is 1.42. The maximum Gasteiger partial charge on any atom is 0.400 e. The van der Waals surface area contributed by atoms with Gasteiger partial charge in [0, 0.05) is 59.6 Å². The SMILES string of the molecule is CCC[C@@H](C)Oc1ccc(-c2nc(-c3cc(CCC(=O)C(C)(C)C(F)(F)F)ccc3Cl)[nH]c(=O)n2)cn1.CCC[C@@H](C)Oc1ccc(-c2nc(OC)nc(-c3cc(CCC(=O)C(C)(C)C(F)(F)F)ccc3Cl)n2)cn1. The average molecular weight is 1090 g/mol. The van der Waals surface area contributed by atoms with Gasteiger partial charge in [-0.1, -0.05) is 62.0 Å². The van der Waals surface area contributed by atoms with Crippen LogP contribution >= 0.6 is 23.2 Å². The van der Waals surface area contributed by atoms with Crippen molar-refractivity contribution in [3.8, 4) is 63.3 Å². The Morgan fingerprint density at radius 3 is 1.48 bits per heavy atom. The van der Waals surface area contributed by atoms with E-state index in [0.717, 1.165) is 53.4 Å². The van der Waals surface area contributed by atoms with E-state index < -0.39 is 40.4 Å². The molecular formula is C53H58Cl2F6N8O6. The fraction of sp³-hybridized carbons (Fsp3) is 0.434. The van der Waals surface area contributed by atoms with Crippen molar-refractivity contribution in [3.63, 3.8) is 0 Å². The maximum absolute atomic E-state index is 13.2. The molecule has 14 nitrogen and oxygen atoms in total. The molecule has 1 N–H and O–H groups in total. The first-order valence-electron chi connectivity index (χ1n) is 24.0. The number of pyridine rings is 2. The third-order valence-electron chi connectivity index (χ3n) is 12.1. The molecule has 0 bridgehead atoms. The Hall–Kier alpha value is -6.54. The van der Waals surface area contributed by atoms with Crippen molar-refractivity contribution in [2.45, 2.75) is 131 Å². The van der Waals surface area contributed by atoms with Crippen molar-refractivity contribution in [3.05, 3.63) is 105 Å². The summed E-state index contributed by atoms with van der Waals surface area (Å²) in [5, 5.41) is 0.583. The highest BCUT2D eigenvalue weighted by Gasteiger charge is 2.52. The number of aromatic nitrogens is 8. The van der Waals surface area contributed by atoms with Crippen molar-refractivity contribution in [1.29, 1.82) is 0 Å². The lowest BCUT2D eigenvalue weighted by molar-refractivity contribution is -0.211. The van der Waals surface area contributed by atoms with Crippen LogP contribution in [0.2, 0.25) is 10.0 Å². The van der Waals surface area contributed by atoms with Crippen LogP contribution in [-0.2, 0) is 22.4 Å². The zero-order valence-corrected chi connectivity index (χ0v) is 44.4. The summed E-state index contributed by atoms with van der Waals surface area (Å²) in [4.78, 5) is 69.5. The van der Waals surface area contributed by atoms with Gasteiger partial charge in [0.15, 0.2) is 17.5 Å². The number of rotatable bonds is 21. The predicted octanol–water partition coefficient (Wildman–Crippen LogP) is 13.1. The summed E-state index contributed by atoms with van der Waals surface area (Å²) in [6.45, 7) is 11.6. The molecule has 22 heteroatoms. The summed E-state index contributed by atoms with van der Waals surface area (Å²) < 4.78 is 96.0. The van der Waals surface area contributed by atoms with Crippen molar-refractivity contribution in [2.75, 3.05) is 7.11 Å². The van der Waals surface area contributed by atoms with Gasteiger partial charge in [0.1, 0.15) is 28.2 Å². The number of halogens is 8. The second kappa shape index (κ2) is 25.3. The number of aryl methyl sites for hydroxylation is 2. The van der Waals surface area contributed by atoms with Gasteiger partial charge in [-0.15, -0.1) is 0 Å². The predicted molar refractivity (Wildman–Crippen MR) is 273 cm³/mol. The van der Waals surface area contributed by atoms with Crippen LogP contribution in [0.5, 0.6) is 17.8 Å². The molecule has 0 fully saturated rings. The molecule has 402 valence electrons. The van der Waals surface area contributed by atoms with Crippen molar-refractivity contribution in [2.24, 2.45) is 10.8 Å². The Bertz CT molecular complexity index is 2970. The van der Waals surface area contributed by atoms with Gasteiger partial charge >= 0.3 is 24.1 Å². The van der Waals surface area contributed by atoms with Crippen LogP contribution in [0.25, 0.3) is 45.6 Å². The standard InChI is InChI=1S/C27H30ClF3N4O3.C26H28ClF3N4O3/c1-6-7-16(2)38-22-13-10-18(15-32-22)23-33-24(35-25(34-23)37-5)19-14-17(8-11-20(19)28)9-12-21(36)26(3,4)27(29,30)31;1-5-6-15(2)37-21-12-9-17(14-31-21)22-32-23(34-24(36)33-22)18-13-16(7-10-19(18)27)8-11-20(35)25(3,4)26(28,29)30/h8,10-11,13-16H,6-7,9,12H2,1-5H3;7,9-10,12-15H,5-6,8,11H2,1-4H3,(H,32,33,34,36)/t16-;15-/m11/s1. The maximum atomic E-state index is 13.2. The molecule has 2 aromatic carbocycles. The Balaban J connectivity index is 0.000000277. The number of carbonyl (C=O) groups is 2. The minimum Gasteiger partial charge on any atom is -0.475 e. The van der Waals surface area contributed by atoms with Crippen LogP contribution in [0.3, 0.4) is 0 Å². The first-order chi connectivity index (χ1) is 35.2. The van der Waals surface area contributed by atoms with Gasteiger partial charge in [-0.05, 0) is 115 Å². The second-order valence-electron chi connectivity index (χ2n) is 18.7. The molecular weight excluding hydrogens is 1030 g/mol. The first kappa shape index (κ1) is 59.3. The lowest BCUT2D eigenvalue weighted by atomic mass is 9.84. The zero-order valence-electron chi connectivity index (χ0n) is 42.8. The summed E-state index contributed by atoms with van der Waals surface area (Å²) in [6.07, 6.45) is -2.80. The number of aromatic amines is 1. The van der Waals surface area contributed by atoms with E-state index in [0.29, 0.717) is 50.2 Å². The van der Waals surface area contributed by atoms with E-state index in [9.17, 15) is 40.7 Å². The Morgan fingerprint density at radius 1 is 0.613 bits per heavy atom. The Morgan fingerprint density at radius 2 is 1.05 bits per heavy atom. The molecule has 0 aliphatic carbocycles. The third-order valence-corrected chi connectivity index (χ3v) is 12.8. The fourth-order valence-corrected chi connectivity index (χ4v) is 7.52. The van der Waals surface area contributed by atoms with Crippen LogP contribution < -0.4 is 19.9 Å². The van der Waals surface area contributed by atoms with Crippen molar-refractivity contribution >= 4 is 34.8 Å². The van der Waals surface area contributed by atoms with E-state index >= 15 is 0 Å². The van der Waals surface area contributed by atoms with E-state index in [2.05, 4.69) is 53.7 Å². The number of hydrogen-bond acceptors (Lipinski definition) is 13. The molecule has 0 saturated heterocycles. The number of benzene rings is 2. The first-order valence-corrected chi connectivity index (χ1v) is 24.7. The number of carbonyl (C=O) groups excluding carboxylic acids is 2. The molecule has 0 aliphatic heterocycles. The summed E-state index contributed by atoms with van der Waals surface area (Å²) in [5.41, 5.74) is -2.51. The number of H-pyrrole nitrogens is 1. The summed E-state index contributed by atoms with van der Waals surface area (Å²) in [6, 6.07) is 16.5. The highest BCUT2D eigenvalue weighted by Crippen LogP contribution is 2.41. The Kier molecular flexibility index (Phi) is 20.0. The third kappa shape index (κ3) is 15.8. The smallest absolute Gasteiger partial charge is 0.400 e. The lowest BCUT2D eigenvalue weighted by Gasteiger charge is -2.26. The van der Waals surface area contributed by atoms with Crippen LogP contribution in [0.4, 0.5) is 26.3 Å². The molecule has 0 unspecified atom stereocenters. The average Bonchev–Trinajstić information content (AvgIpc) is 3.35. The molecule has 2 atom stereocenters. The number of hydrogen-bond donors (Lipinski definition) is 1. The number of Topliss-reactive ketones (excluding diaryl/α,β-unsaturated/α-hetero) is 2. The number of methoxy groups -OCH3 is 1. The molecule has 0 amide bonds. The topological polar surface area (TPSA) is 185 Å². The molecule has 0 aliphatic rings. The van der Waals surface area contributed by atoms with E-state index in [1.807, 2.05) is 13.8 Å². The van der Waals surface area contributed by atoms with Crippen LogP contribution in [0.15, 0.2) is 77.9 Å². The molecule has 4 aromatic heterocycles. The van der Waals surface area contributed by atoms with Gasteiger partial charge in [-0.25, -0.2) is 24.7 Å². The Labute approximate surface area is 440 Å². The molecule has 6 rings (SSSR count). The van der Waals surface area contributed by atoms with Gasteiger partial charge in [0.2, 0.25) is 11.8 Å². The van der Waals surface area contributed by atoms with Crippen LogP contribution in [-0.4, -0.2) is 83.1 Å². The molecule has 4 heterocycles. The van der Waals surface area contributed by atoms with Gasteiger partial charge in [-0.2, -0.15) is 41.3 Å². The quantitative estimate of drug-likeness (QED) is 0.0672. The minimum atomic E-state index is -4.64. The largest absolute Gasteiger partial charge is 0.475 e. The van der Waals surface area contributed by atoms with Crippen LogP contribution in [0.1, 0.15) is 105 Å². The molecule has 0 radical (unpaired) electrons. The van der Waals surface area contributed by atoms with Gasteiger partial charge < -0.3 is 14.2 Å². The normalized spacial score (nSPS) is 12.8. The van der Waals surface area contributed by atoms with Crippen molar-refractivity contribution in [1.82, 2.24) is 39.9 Å². The number of nitrogens with one attached hydrogen (secondary N) is 1. The monoisotopic (exact) mass is 1090 g/mol. The van der Waals surface area contributed by atoms with Gasteiger partial charge in [0.25, 0.3) is 0 Å². The highest BCUT2D eigenvalue weighted by atomic mass is 35.5. The van der Waals surface area contributed by atoms with Gasteiger partial charge in [-0.3, -0.25) is 14.6 Å². The van der Waals surface area contributed by atoms with E-state index in [1.165, 1.54) is 19.4 Å². The highest BCUT2D eigenvalue weighted by molar-refractivity contribution is 6.33. The van der Waals surface area contributed by atoms with E-state index in [4.69, 9.17) is 37.4 Å². The molecule has 0 spiro atoms. The number of ether oxygens (including phenoxy) is 3. The van der Waals surface area contributed by atoms with E-state index in [-0.39, 0.29) is 72.2 Å². The summed E-state index contributed by atoms with van der Waals surface area (Å²) in [5.74, 6) is -0.158. The van der Waals surface area contributed by atoms with E-state index in [1.54, 1.807) is 60.8 Å². The molecule has 6 aromatic rings. The fourth-order valence-electron chi connectivity index (χ4n) is 7.11. The molecule has 0 saturated carbocycles. The number of ketones is 2. The summed E-state index contributed by atoms with van der Waals surface area (Å²) >= 11 is 12.8. The van der Waals surface area contributed by atoms with Crippen molar-refractivity contribution < 1.29 is 50.1 Å². The van der Waals surface area contributed by atoms with Crippen LogP contribution in [0, 0.1) is 10.8 Å². The molecule has 75 heavy (non-hydrogen) atoms. The number of alkyl halides is 6. The van der Waals surface area contributed by atoms with Gasteiger partial charge in [0.05, 0.1) is 29.4 Å². The minimum absolute atomic E-state index is 0.00928. The second-order valence-corrected chi connectivity index (χ2v) is 19.5. The lowest BCUT2D eigenvalue weighted by Crippen LogP contribution is -2.39. The number of nitrogens with zero attached hydrogens (tertiary/aromatic N) is 7.